The first-order chi connectivity index (χ1) is 0. The van der Waals surface area contributed by atoms with Crippen LogP contribution >= 0.6 is 0 Å². The van der Waals surface area contributed by atoms with Crippen molar-refractivity contribution in [2.75, 3.05) is 0 Å². The fourth-order valence-corrected chi connectivity index (χ4v) is 0. The minimum Gasteiger partial charge on any atom is 0 e. The van der Waals surface area contributed by atoms with E-state index < -0.39 is 0 Å². The average Bonchev–Trinajstić information content (AvgIpc) is 0. The summed E-state index contributed by atoms with van der Waals surface area (Å²) in [5.41, 5.74) is 0. The second-order valence-corrected chi connectivity index (χ2v) is 0. The molecular formula is IrPdReRu. The van der Waals surface area contributed by atoms with Crippen molar-refractivity contribution in [2.45, 2.75) is 0 Å². The van der Waals surface area contributed by atoms with E-state index in [-0.39, 0.29) is 80.4 Å². The molecular weight excluding hydrogens is 586 g/mol. The van der Waals surface area contributed by atoms with Crippen LogP contribution in [0.3, 0.4) is 0 Å². The van der Waals surface area contributed by atoms with Gasteiger partial charge in [0.1, 0.15) is 0 Å². The van der Waals surface area contributed by atoms with Crippen molar-refractivity contribution in [3.63, 3.8) is 0 Å². The van der Waals surface area contributed by atoms with Gasteiger partial charge in [-0.2, -0.15) is 0 Å². The maximum Gasteiger partial charge on any atom is 0 e. The fourth-order valence-electron chi connectivity index (χ4n) is 0. The third kappa shape index (κ3) is 8.82. The second-order valence-electron chi connectivity index (χ2n) is 0. The number of hydrogen-bond donors (Lipinski definition) is 0. The van der Waals surface area contributed by atoms with Crippen molar-refractivity contribution in [1.29, 1.82) is 0 Å². The van der Waals surface area contributed by atoms with Gasteiger partial charge in [0, 0.05) is 80.4 Å². The molecule has 0 bridgehead atoms. The van der Waals surface area contributed by atoms with E-state index in [1.54, 1.807) is 0 Å². The predicted octanol–water partition coefficient (Wildman–Crippen LogP) is -0.0100. The van der Waals surface area contributed by atoms with Crippen molar-refractivity contribution < 1.29 is 80.4 Å². The number of hydrogen-bond acceptors (Lipinski definition) is 0. The molecule has 0 nitrogen and oxygen atoms in total. The van der Waals surface area contributed by atoms with Crippen molar-refractivity contribution in [3.8, 4) is 0 Å². The van der Waals surface area contributed by atoms with Crippen molar-refractivity contribution in [1.82, 2.24) is 0 Å². The molecule has 0 aromatic rings. The Morgan fingerprint density at radius 1 is 1.00 bits per heavy atom. The third-order valence-corrected chi connectivity index (χ3v) is 0. The maximum absolute atomic E-state index is 0. The molecule has 4 heavy (non-hydrogen) atoms. The molecule has 0 spiro atoms. The van der Waals surface area contributed by atoms with Crippen molar-refractivity contribution >= 4 is 0 Å². The molecule has 4 heteroatoms. The largest absolute Gasteiger partial charge is 0 e. The Morgan fingerprint density at radius 3 is 1.00 bits per heavy atom. The summed E-state index contributed by atoms with van der Waals surface area (Å²) in [6.07, 6.45) is 0. The summed E-state index contributed by atoms with van der Waals surface area (Å²) < 4.78 is 0. The SMILES string of the molecule is [Ir].[Pd].[Re].[Ru]. The van der Waals surface area contributed by atoms with Gasteiger partial charge in [-0.3, -0.25) is 0 Å². The van der Waals surface area contributed by atoms with Crippen LogP contribution in [-0.2, 0) is 80.4 Å². The zero-order valence-electron chi connectivity index (χ0n) is 1.38. The Balaban J connectivity index is 0. The molecule has 0 rings (SSSR count). The van der Waals surface area contributed by atoms with Gasteiger partial charge in [-0.1, -0.05) is 0 Å². The van der Waals surface area contributed by atoms with Gasteiger partial charge >= 0.3 is 0 Å². The molecule has 0 N–H and O–H groups in total. The normalized spacial score (nSPS) is 0. The molecule has 0 saturated heterocycles. The summed E-state index contributed by atoms with van der Waals surface area (Å²) in [6.45, 7) is 0. The molecule has 0 amide bonds. The molecule has 0 atom stereocenters. The quantitative estimate of drug-likeness (QED) is 0.351. The topological polar surface area (TPSA) is 0 Å². The van der Waals surface area contributed by atoms with Gasteiger partial charge < -0.3 is 0 Å². The van der Waals surface area contributed by atoms with Crippen LogP contribution in [0.4, 0.5) is 0 Å². The van der Waals surface area contributed by atoms with E-state index in [1.165, 1.54) is 0 Å². The second kappa shape index (κ2) is 17.5. The van der Waals surface area contributed by atoms with Gasteiger partial charge in [0.15, 0.2) is 0 Å². The first-order valence-corrected chi connectivity index (χ1v) is 0. The summed E-state index contributed by atoms with van der Waals surface area (Å²) in [4.78, 5) is 0. The third-order valence-electron chi connectivity index (χ3n) is 0. The van der Waals surface area contributed by atoms with E-state index >= 15 is 0 Å². The van der Waals surface area contributed by atoms with Gasteiger partial charge in [0.2, 0.25) is 0 Å². The van der Waals surface area contributed by atoms with Gasteiger partial charge in [0.05, 0.1) is 0 Å². The predicted molar refractivity (Wildman–Crippen MR) is 0 cm³/mol. The van der Waals surface area contributed by atoms with E-state index in [0.29, 0.717) is 0 Å². The van der Waals surface area contributed by atoms with Crippen molar-refractivity contribution in [3.05, 3.63) is 0 Å². The summed E-state index contributed by atoms with van der Waals surface area (Å²) in [6, 6.07) is 0. The van der Waals surface area contributed by atoms with E-state index in [1.807, 2.05) is 0 Å². The van der Waals surface area contributed by atoms with Crippen molar-refractivity contribution in [2.24, 2.45) is 0 Å². The average molecular weight is 586 g/mol. The van der Waals surface area contributed by atoms with Gasteiger partial charge in [0.25, 0.3) is 0 Å². The van der Waals surface area contributed by atoms with Crippen LogP contribution in [0, 0.1) is 0 Å². The van der Waals surface area contributed by atoms with Crippen LogP contribution in [0.5, 0.6) is 0 Å². The smallest absolute Gasteiger partial charge is 0 e. The minimum atomic E-state index is 0. The van der Waals surface area contributed by atoms with Crippen LogP contribution in [0.1, 0.15) is 0 Å². The zero-order valence-corrected chi connectivity index (χ0v) is 9.78. The van der Waals surface area contributed by atoms with E-state index in [2.05, 4.69) is 0 Å². The molecule has 2 radical (unpaired) electrons. The van der Waals surface area contributed by atoms with Gasteiger partial charge in [-0.15, -0.1) is 0 Å². The Labute approximate surface area is 79.3 Å². The standard InChI is InChI=1S/Ir.Pd.Re.Ru. The van der Waals surface area contributed by atoms with Gasteiger partial charge in [-0.25, -0.2) is 0 Å². The summed E-state index contributed by atoms with van der Waals surface area (Å²) in [7, 11) is 0. The Bertz CT molecular complexity index is 8.00. The molecule has 0 aliphatic carbocycles. The number of rotatable bonds is 0. The summed E-state index contributed by atoms with van der Waals surface area (Å²) in [5, 5.41) is 0. The fraction of sp³-hybridized carbons (Fsp3) is 0. The monoisotopic (exact) mass is 588 g/mol. The maximum atomic E-state index is 0. The van der Waals surface area contributed by atoms with Crippen LogP contribution in [0.15, 0.2) is 0 Å². The molecule has 0 aliphatic heterocycles. The van der Waals surface area contributed by atoms with Crippen LogP contribution in [0.25, 0.3) is 0 Å². The van der Waals surface area contributed by atoms with E-state index in [9.17, 15) is 0 Å². The first-order valence-electron chi connectivity index (χ1n) is 0. The Hall–Kier alpha value is 2.60. The van der Waals surface area contributed by atoms with Crippen LogP contribution < -0.4 is 0 Å². The molecule has 0 aliphatic rings. The molecule has 34 valence electrons. The molecule has 0 unspecified atom stereocenters. The molecule has 0 heterocycles. The molecule has 0 saturated carbocycles. The van der Waals surface area contributed by atoms with Crippen LogP contribution in [0.2, 0.25) is 0 Å². The summed E-state index contributed by atoms with van der Waals surface area (Å²) in [5.74, 6) is 0. The first kappa shape index (κ1) is 30.6. The molecule has 0 aromatic carbocycles. The Kier molecular flexibility index (Phi) is 134. The summed E-state index contributed by atoms with van der Waals surface area (Å²) >= 11 is 0. The van der Waals surface area contributed by atoms with Gasteiger partial charge in [-0.05, 0) is 0 Å². The van der Waals surface area contributed by atoms with E-state index in [0.717, 1.165) is 0 Å². The Morgan fingerprint density at radius 2 is 1.00 bits per heavy atom. The molecule has 0 aromatic heterocycles. The zero-order chi connectivity index (χ0) is 0. The molecule has 0 fully saturated rings. The van der Waals surface area contributed by atoms with Crippen LogP contribution in [-0.4, -0.2) is 0 Å². The van der Waals surface area contributed by atoms with E-state index in [4.69, 9.17) is 0 Å². The minimum absolute atomic E-state index is 0.